The van der Waals surface area contributed by atoms with Crippen LogP contribution in [-0.2, 0) is 4.79 Å². The normalized spacial score (nSPS) is 13.6. The lowest BCUT2D eigenvalue weighted by atomic mass is 10.2. The zero-order valence-electron chi connectivity index (χ0n) is 8.08. The number of hydrogen-bond donors (Lipinski definition) is 0. The van der Waals surface area contributed by atoms with E-state index in [9.17, 15) is 14.9 Å². The first-order valence-corrected chi connectivity index (χ1v) is 4.41. The summed E-state index contributed by atoms with van der Waals surface area (Å²) in [5.41, 5.74) is 0.0157. The van der Waals surface area contributed by atoms with Crippen LogP contribution < -0.4 is 9.47 Å². The van der Waals surface area contributed by atoms with Gasteiger partial charge in [0, 0.05) is 6.08 Å². The van der Waals surface area contributed by atoms with Crippen molar-refractivity contribution in [3.63, 3.8) is 0 Å². The van der Waals surface area contributed by atoms with Crippen LogP contribution in [0.5, 0.6) is 11.5 Å². The number of fused-ring (bicyclic) bond motifs is 1. The molecule has 1 aromatic rings. The van der Waals surface area contributed by atoms with Crippen LogP contribution in [0.25, 0.3) is 6.08 Å². The van der Waals surface area contributed by atoms with Gasteiger partial charge in [0.25, 0.3) is 0 Å². The van der Waals surface area contributed by atoms with E-state index in [-0.39, 0.29) is 13.1 Å². The van der Waals surface area contributed by atoms with Gasteiger partial charge in [-0.05, 0) is 17.7 Å². The second-order valence-electron chi connectivity index (χ2n) is 3.06. The van der Waals surface area contributed by atoms with Crippen molar-refractivity contribution < 1.29 is 19.2 Å². The standard InChI is InChI=1S/C10H7NO5/c12-5-8(11(13)14)3-7-1-2-9-10(4-7)16-6-15-9/h1-5H,6H2/b8-3+. The fourth-order valence-corrected chi connectivity index (χ4v) is 1.30. The predicted molar refractivity (Wildman–Crippen MR) is 53.6 cm³/mol. The molecule has 0 N–H and O–H groups in total. The average Bonchev–Trinajstić information content (AvgIpc) is 2.72. The summed E-state index contributed by atoms with van der Waals surface area (Å²) >= 11 is 0. The fraction of sp³-hybridized carbons (Fsp3) is 0.100. The Morgan fingerprint density at radius 3 is 2.81 bits per heavy atom. The molecule has 2 rings (SSSR count). The molecule has 1 heterocycles. The van der Waals surface area contributed by atoms with Crippen molar-refractivity contribution in [3.8, 4) is 11.5 Å². The summed E-state index contributed by atoms with van der Waals surface area (Å²) in [5.74, 6) is 1.10. The van der Waals surface area contributed by atoms with Gasteiger partial charge in [0.05, 0.1) is 4.92 Å². The van der Waals surface area contributed by atoms with Gasteiger partial charge < -0.3 is 9.47 Å². The molecule has 0 aromatic heterocycles. The van der Waals surface area contributed by atoms with Crippen LogP contribution in [0, 0.1) is 10.1 Å². The molecule has 6 nitrogen and oxygen atoms in total. The van der Waals surface area contributed by atoms with Gasteiger partial charge in [-0.3, -0.25) is 14.9 Å². The summed E-state index contributed by atoms with van der Waals surface area (Å²) in [5, 5.41) is 10.4. The SMILES string of the molecule is O=C/C(=C\c1ccc2c(c1)OCO2)[N+](=O)[O-]. The molecular formula is C10H7NO5. The van der Waals surface area contributed by atoms with Gasteiger partial charge in [0.2, 0.25) is 13.1 Å². The van der Waals surface area contributed by atoms with Gasteiger partial charge in [0.1, 0.15) is 0 Å². The summed E-state index contributed by atoms with van der Waals surface area (Å²) in [6.07, 6.45) is 1.37. The highest BCUT2D eigenvalue weighted by molar-refractivity contribution is 5.78. The minimum atomic E-state index is -0.739. The van der Waals surface area contributed by atoms with Crippen LogP contribution in [0.4, 0.5) is 0 Å². The molecule has 1 aliphatic rings. The maximum Gasteiger partial charge on any atom is 0.309 e. The van der Waals surface area contributed by atoms with Crippen molar-refractivity contribution in [3.05, 3.63) is 39.6 Å². The number of allylic oxidation sites excluding steroid dienone is 1. The largest absolute Gasteiger partial charge is 0.454 e. The molecule has 0 radical (unpaired) electrons. The monoisotopic (exact) mass is 221 g/mol. The maximum absolute atomic E-state index is 10.4. The summed E-state index contributed by atoms with van der Waals surface area (Å²) < 4.78 is 10.2. The van der Waals surface area contributed by atoms with Crippen LogP contribution in [0.15, 0.2) is 23.9 Å². The Kier molecular flexibility index (Phi) is 2.55. The van der Waals surface area contributed by atoms with E-state index in [1.807, 2.05) is 0 Å². The van der Waals surface area contributed by atoms with Crippen LogP contribution >= 0.6 is 0 Å². The smallest absolute Gasteiger partial charge is 0.309 e. The summed E-state index contributed by atoms with van der Waals surface area (Å²) in [6, 6.07) is 4.83. The van der Waals surface area contributed by atoms with Gasteiger partial charge in [-0.2, -0.15) is 0 Å². The Labute approximate surface area is 90.2 Å². The number of carbonyl (C=O) groups is 1. The Morgan fingerprint density at radius 1 is 1.38 bits per heavy atom. The molecule has 16 heavy (non-hydrogen) atoms. The van der Waals surface area contributed by atoms with E-state index in [0.29, 0.717) is 17.1 Å². The van der Waals surface area contributed by atoms with Crippen LogP contribution in [0.1, 0.15) is 5.56 Å². The van der Waals surface area contributed by atoms with Crippen molar-refractivity contribution in [1.82, 2.24) is 0 Å². The number of ether oxygens (including phenoxy) is 2. The first kappa shape index (κ1) is 10.2. The van der Waals surface area contributed by atoms with Gasteiger partial charge in [0.15, 0.2) is 11.5 Å². The minimum absolute atomic E-state index is 0.137. The Bertz CT molecular complexity index is 480. The fourth-order valence-electron chi connectivity index (χ4n) is 1.30. The van der Waals surface area contributed by atoms with Gasteiger partial charge in [-0.25, -0.2) is 0 Å². The van der Waals surface area contributed by atoms with E-state index >= 15 is 0 Å². The lowest BCUT2D eigenvalue weighted by molar-refractivity contribution is -0.415. The molecule has 0 bridgehead atoms. The number of aldehydes is 1. The minimum Gasteiger partial charge on any atom is -0.454 e. The molecule has 6 heteroatoms. The topological polar surface area (TPSA) is 78.7 Å². The highest BCUT2D eigenvalue weighted by Gasteiger charge is 2.14. The zero-order chi connectivity index (χ0) is 11.5. The first-order chi connectivity index (χ1) is 7.70. The highest BCUT2D eigenvalue weighted by Crippen LogP contribution is 2.32. The number of nitrogens with zero attached hydrogens (tertiary/aromatic N) is 1. The maximum atomic E-state index is 10.4. The van der Waals surface area contributed by atoms with Crippen molar-refractivity contribution in [2.45, 2.75) is 0 Å². The summed E-state index contributed by atoms with van der Waals surface area (Å²) in [7, 11) is 0. The lowest BCUT2D eigenvalue weighted by Gasteiger charge is -1.97. The molecule has 0 saturated carbocycles. The van der Waals surface area contributed by atoms with Crippen molar-refractivity contribution in [2.75, 3.05) is 6.79 Å². The number of nitro groups is 1. The molecular weight excluding hydrogens is 214 g/mol. The summed E-state index contributed by atoms with van der Waals surface area (Å²) in [4.78, 5) is 20.1. The number of carbonyl (C=O) groups excluding carboxylic acids is 1. The molecule has 0 saturated heterocycles. The van der Waals surface area contributed by atoms with E-state index in [4.69, 9.17) is 9.47 Å². The lowest BCUT2D eigenvalue weighted by Crippen LogP contribution is -1.99. The van der Waals surface area contributed by atoms with Crippen LogP contribution in [0.3, 0.4) is 0 Å². The third-order valence-electron chi connectivity index (χ3n) is 2.04. The Balaban J connectivity index is 2.35. The molecule has 82 valence electrons. The van der Waals surface area contributed by atoms with E-state index in [1.165, 1.54) is 6.08 Å². The van der Waals surface area contributed by atoms with E-state index in [1.54, 1.807) is 18.2 Å². The third-order valence-corrected chi connectivity index (χ3v) is 2.04. The number of benzene rings is 1. The van der Waals surface area contributed by atoms with Crippen molar-refractivity contribution in [1.29, 1.82) is 0 Å². The average molecular weight is 221 g/mol. The third kappa shape index (κ3) is 1.85. The molecule has 0 amide bonds. The molecule has 1 aromatic carbocycles. The molecule has 0 fully saturated rings. The second kappa shape index (κ2) is 4.01. The second-order valence-corrected chi connectivity index (χ2v) is 3.06. The van der Waals surface area contributed by atoms with Gasteiger partial charge in [-0.1, -0.05) is 6.07 Å². The van der Waals surface area contributed by atoms with Gasteiger partial charge >= 0.3 is 5.70 Å². The first-order valence-electron chi connectivity index (χ1n) is 4.41. The predicted octanol–water partition coefficient (Wildman–Crippen LogP) is 1.23. The van der Waals surface area contributed by atoms with Crippen LogP contribution in [0.2, 0.25) is 0 Å². The zero-order valence-corrected chi connectivity index (χ0v) is 8.08. The molecule has 1 aliphatic heterocycles. The van der Waals surface area contributed by atoms with E-state index in [2.05, 4.69) is 0 Å². The molecule has 0 spiro atoms. The number of hydrogen-bond acceptors (Lipinski definition) is 5. The molecule has 0 atom stereocenters. The highest BCUT2D eigenvalue weighted by atomic mass is 16.7. The van der Waals surface area contributed by atoms with Crippen LogP contribution in [-0.4, -0.2) is 18.0 Å². The quantitative estimate of drug-likeness (QED) is 0.332. The van der Waals surface area contributed by atoms with Gasteiger partial charge in [-0.15, -0.1) is 0 Å². The Hall–Kier alpha value is -2.37. The molecule has 0 unspecified atom stereocenters. The van der Waals surface area contributed by atoms with Crippen molar-refractivity contribution >= 4 is 12.4 Å². The van der Waals surface area contributed by atoms with E-state index in [0.717, 1.165) is 0 Å². The number of rotatable bonds is 3. The van der Waals surface area contributed by atoms with Crippen molar-refractivity contribution in [2.24, 2.45) is 0 Å². The van der Waals surface area contributed by atoms with E-state index < -0.39 is 10.6 Å². The summed E-state index contributed by atoms with van der Waals surface area (Å²) in [6.45, 7) is 0.137. The Morgan fingerprint density at radius 2 is 2.12 bits per heavy atom. The molecule has 0 aliphatic carbocycles.